The summed E-state index contributed by atoms with van der Waals surface area (Å²) in [6.07, 6.45) is -0.500. The van der Waals surface area contributed by atoms with Crippen LogP contribution in [0.4, 0.5) is 0 Å². The van der Waals surface area contributed by atoms with Crippen molar-refractivity contribution >= 4 is 0 Å². The second kappa shape index (κ2) is 2.72. The number of nitrogens with two attached hydrogens (primary N) is 1. The summed E-state index contributed by atoms with van der Waals surface area (Å²) in [5.41, 5.74) is 6.95. The molecule has 3 N–H and O–H groups in total. The first kappa shape index (κ1) is 7.50. The molecule has 0 aliphatic carbocycles. The molecule has 0 aromatic heterocycles. The van der Waals surface area contributed by atoms with Crippen LogP contribution in [-0.4, -0.2) is 11.2 Å². The minimum absolute atomic E-state index is 0.500. The Bertz CT molecular complexity index is 101. The summed E-state index contributed by atoms with van der Waals surface area (Å²) in [6.45, 7) is 5.41. The molecule has 1 atom stereocenters. The van der Waals surface area contributed by atoms with Gasteiger partial charge in [0.2, 0.25) is 0 Å². The molecule has 0 saturated carbocycles. The third-order valence-electron chi connectivity index (χ3n) is 1.03. The van der Waals surface area contributed by atoms with Crippen LogP contribution >= 0.6 is 0 Å². The highest BCUT2D eigenvalue weighted by molar-refractivity contribution is 5.08. The predicted octanol–water partition coefficient (Wildman–Crippen LogP) is 0.620. The van der Waals surface area contributed by atoms with E-state index >= 15 is 0 Å². The van der Waals surface area contributed by atoms with Crippen LogP contribution in [0.5, 0.6) is 0 Å². The van der Waals surface area contributed by atoms with Crippen molar-refractivity contribution in [3.63, 3.8) is 0 Å². The molecule has 0 bridgehead atoms. The fourth-order valence-electron chi connectivity index (χ4n) is 0.418. The monoisotopic (exact) mass is 115 g/mol. The number of rotatable bonds is 1. The summed E-state index contributed by atoms with van der Waals surface area (Å²) >= 11 is 0. The van der Waals surface area contributed by atoms with E-state index in [1.54, 1.807) is 6.92 Å². The third-order valence-corrected chi connectivity index (χ3v) is 1.03. The minimum Gasteiger partial charge on any atom is -0.400 e. The predicted molar refractivity (Wildman–Crippen MR) is 34.2 cm³/mol. The molecule has 0 radical (unpaired) electrons. The summed E-state index contributed by atoms with van der Waals surface area (Å²) in [5, 5.41) is 8.81. The molecule has 0 amide bonds. The lowest BCUT2D eigenvalue weighted by atomic mass is 10.2. The lowest BCUT2D eigenvalue weighted by Crippen LogP contribution is -2.14. The zero-order chi connectivity index (χ0) is 6.73. The second-order valence-corrected chi connectivity index (χ2v) is 2.13. The van der Waals surface area contributed by atoms with E-state index in [1.165, 1.54) is 0 Å². The van der Waals surface area contributed by atoms with Crippen LogP contribution in [0, 0.1) is 0 Å². The second-order valence-electron chi connectivity index (χ2n) is 2.13. The Hall–Kier alpha value is -0.500. The molecule has 0 spiro atoms. The zero-order valence-corrected chi connectivity index (χ0v) is 5.60. The van der Waals surface area contributed by atoms with Crippen LogP contribution in [0.3, 0.4) is 0 Å². The molecule has 2 heteroatoms. The maximum absolute atomic E-state index is 8.81. The Balaban J connectivity index is 4.00. The van der Waals surface area contributed by atoms with E-state index in [-0.39, 0.29) is 0 Å². The SMILES string of the molecule is CC(C)=C(N)C(C)O. The summed E-state index contributed by atoms with van der Waals surface area (Å²) in [6, 6.07) is 0. The molecule has 1 unspecified atom stereocenters. The molecule has 48 valence electrons. The first-order valence-electron chi connectivity index (χ1n) is 2.66. The van der Waals surface area contributed by atoms with Gasteiger partial charge in [-0.1, -0.05) is 5.57 Å². The number of aliphatic hydroxyl groups is 1. The maximum Gasteiger partial charge on any atom is 0.0903 e. The number of allylic oxidation sites excluding steroid dienone is 1. The molecule has 8 heavy (non-hydrogen) atoms. The van der Waals surface area contributed by atoms with Gasteiger partial charge in [0, 0.05) is 5.70 Å². The van der Waals surface area contributed by atoms with Crippen molar-refractivity contribution < 1.29 is 5.11 Å². The van der Waals surface area contributed by atoms with Gasteiger partial charge in [-0.2, -0.15) is 0 Å². The molecule has 0 aliphatic heterocycles. The molecule has 2 nitrogen and oxygen atoms in total. The molecule has 0 aromatic rings. The molecule has 0 rings (SSSR count). The summed E-state index contributed by atoms with van der Waals surface area (Å²) in [4.78, 5) is 0. The highest BCUT2D eigenvalue weighted by atomic mass is 16.3. The topological polar surface area (TPSA) is 46.2 Å². The van der Waals surface area contributed by atoms with E-state index in [1.807, 2.05) is 13.8 Å². The van der Waals surface area contributed by atoms with Crippen LogP contribution in [0.1, 0.15) is 20.8 Å². The number of aliphatic hydroxyl groups excluding tert-OH is 1. The fourth-order valence-corrected chi connectivity index (χ4v) is 0.418. The Kier molecular flexibility index (Phi) is 2.55. The first-order chi connectivity index (χ1) is 3.55. The summed E-state index contributed by atoms with van der Waals surface area (Å²) in [7, 11) is 0. The van der Waals surface area contributed by atoms with Crippen LogP contribution in [0.15, 0.2) is 11.3 Å². The number of hydrogen-bond acceptors (Lipinski definition) is 2. The van der Waals surface area contributed by atoms with Crippen LogP contribution < -0.4 is 5.73 Å². The average Bonchev–Trinajstić information content (AvgIpc) is 1.64. The Morgan fingerprint density at radius 2 is 1.88 bits per heavy atom. The van der Waals surface area contributed by atoms with E-state index < -0.39 is 6.10 Å². The normalized spacial score (nSPS) is 13.0. The third kappa shape index (κ3) is 1.98. The van der Waals surface area contributed by atoms with Crippen LogP contribution in [-0.2, 0) is 0 Å². The van der Waals surface area contributed by atoms with Gasteiger partial charge in [0.15, 0.2) is 0 Å². The van der Waals surface area contributed by atoms with Gasteiger partial charge in [0.05, 0.1) is 6.10 Å². The van der Waals surface area contributed by atoms with Crippen LogP contribution in [0.2, 0.25) is 0 Å². The van der Waals surface area contributed by atoms with Gasteiger partial charge in [-0.25, -0.2) is 0 Å². The van der Waals surface area contributed by atoms with Gasteiger partial charge in [-0.15, -0.1) is 0 Å². The lowest BCUT2D eigenvalue weighted by molar-refractivity contribution is 0.228. The Labute approximate surface area is 50.0 Å². The smallest absolute Gasteiger partial charge is 0.0903 e. The summed E-state index contributed by atoms with van der Waals surface area (Å²) < 4.78 is 0. The van der Waals surface area contributed by atoms with E-state index in [2.05, 4.69) is 0 Å². The fraction of sp³-hybridized carbons (Fsp3) is 0.667. The standard InChI is InChI=1S/C6H13NO/c1-4(2)6(7)5(3)8/h5,8H,7H2,1-3H3. The van der Waals surface area contributed by atoms with E-state index in [0.717, 1.165) is 5.57 Å². The van der Waals surface area contributed by atoms with E-state index in [0.29, 0.717) is 5.70 Å². The number of hydrogen-bond donors (Lipinski definition) is 2. The van der Waals surface area contributed by atoms with Crippen molar-refractivity contribution in [2.24, 2.45) is 5.73 Å². The van der Waals surface area contributed by atoms with Crippen molar-refractivity contribution in [1.82, 2.24) is 0 Å². The van der Waals surface area contributed by atoms with Crippen molar-refractivity contribution in [3.05, 3.63) is 11.3 Å². The lowest BCUT2D eigenvalue weighted by Gasteiger charge is -2.04. The van der Waals surface area contributed by atoms with Crippen LogP contribution in [0.25, 0.3) is 0 Å². The highest BCUT2D eigenvalue weighted by Crippen LogP contribution is 1.99. The van der Waals surface area contributed by atoms with Gasteiger partial charge in [0.1, 0.15) is 0 Å². The zero-order valence-electron chi connectivity index (χ0n) is 5.60. The molecule has 0 fully saturated rings. The molecule has 0 aromatic carbocycles. The minimum atomic E-state index is -0.500. The molecular formula is C6H13NO. The first-order valence-corrected chi connectivity index (χ1v) is 2.66. The molecule has 0 saturated heterocycles. The van der Waals surface area contributed by atoms with Crippen molar-refractivity contribution in [3.8, 4) is 0 Å². The van der Waals surface area contributed by atoms with Crippen molar-refractivity contribution in [1.29, 1.82) is 0 Å². The van der Waals surface area contributed by atoms with Gasteiger partial charge >= 0.3 is 0 Å². The average molecular weight is 115 g/mol. The van der Waals surface area contributed by atoms with Crippen molar-refractivity contribution in [2.75, 3.05) is 0 Å². The maximum atomic E-state index is 8.81. The van der Waals surface area contributed by atoms with Gasteiger partial charge in [-0.05, 0) is 20.8 Å². The van der Waals surface area contributed by atoms with Crippen molar-refractivity contribution in [2.45, 2.75) is 26.9 Å². The Morgan fingerprint density at radius 1 is 1.50 bits per heavy atom. The Morgan fingerprint density at radius 3 is 1.88 bits per heavy atom. The highest BCUT2D eigenvalue weighted by Gasteiger charge is 1.98. The van der Waals surface area contributed by atoms with Gasteiger partial charge in [-0.3, -0.25) is 0 Å². The van der Waals surface area contributed by atoms with Gasteiger partial charge < -0.3 is 10.8 Å². The van der Waals surface area contributed by atoms with Gasteiger partial charge in [0.25, 0.3) is 0 Å². The molecule has 0 aliphatic rings. The summed E-state index contributed by atoms with van der Waals surface area (Å²) in [5.74, 6) is 0. The van der Waals surface area contributed by atoms with E-state index in [9.17, 15) is 0 Å². The molecule has 0 heterocycles. The van der Waals surface area contributed by atoms with E-state index in [4.69, 9.17) is 10.8 Å². The largest absolute Gasteiger partial charge is 0.400 e. The quantitative estimate of drug-likeness (QED) is 0.526. The molecular weight excluding hydrogens is 102 g/mol.